The van der Waals surface area contributed by atoms with Crippen LogP contribution in [0.2, 0.25) is 0 Å². The average molecular weight is 279 g/mol. The monoisotopic (exact) mass is 279 g/mol. The number of sulfone groups is 1. The van der Waals surface area contributed by atoms with E-state index in [-0.39, 0.29) is 24.0 Å². The van der Waals surface area contributed by atoms with Gasteiger partial charge in [-0.2, -0.15) is 0 Å². The largest absolute Gasteiger partial charge is 0.481 e. The normalized spacial score (nSPS) is 21.9. The molecule has 7 heteroatoms. The Balaban J connectivity index is 2.49. The van der Waals surface area contributed by atoms with E-state index in [4.69, 9.17) is 9.84 Å². The maximum atomic E-state index is 11.6. The van der Waals surface area contributed by atoms with Crippen molar-refractivity contribution in [3.63, 3.8) is 0 Å². The highest BCUT2D eigenvalue weighted by Crippen LogP contribution is 2.11. The zero-order chi connectivity index (χ0) is 13.6. The van der Waals surface area contributed by atoms with Gasteiger partial charge in [0.1, 0.15) is 0 Å². The zero-order valence-electron chi connectivity index (χ0n) is 10.7. The summed E-state index contributed by atoms with van der Waals surface area (Å²) in [5, 5.41) is 8.80. The van der Waals surface area contributed by atoms with Gasteiger partial charge in [-0.25, -0.2) is 8.42 Å². The molecule has 0 saturated carbocycles. The molecule has 0 bridgehead atoms. The summed E-state index contributed by atoms with van der Waals surface area (Å²) in [5.74, 6) is -0.593. The Bertz CT molecular complexity index is 368. The maximum Gasteiger partial charge on any atom is 0.305 e. The fourth-order valence-corrected chi connectivity index (χ4v) is 3.38. The first-order valence-electron chi connectivity index (χ1n) is 6.18. The summed E-state index contributed by atoms with van der Waals surface area (Å²) in [4.78, 5) is 12.6. The van der Waals surface area contributed by atoms with Crippen LogP contribution >= 0.6 is 0 Å². The smallest absolute Gasteiger partial charge is 0.305 e. The van der Waals surface area contributed by atoms with E-state index in [1.54, 1.807) is 0 Å². The minimum atomic E-state index is -3.01. The number of carbonyl (C=O) groups is 1. The van der Waals surface area contributed by atoms with Crippen molar-refractivity contribution in [1.82, 2.24) is 4.90 Å². The Morgan fingerprint density at radius 2 is 2.17 bits per heavy atom. The standard InChI is InChI=1S/C11H21NO5S/c1-2-6-18(15,16)7-4-12-3-5-17-9-10(12)8-11(13)14/h10H,2-9H2,1H3,(H,13,14). The van der Waals surface area contributed by atoms with Crippen LogP contribution in [0.3, 0.4) is 0 Å². The van der Waals surface area contributed by atoms with Crippen LogP contribution in [0.5, 0.6) is 0 Å². The Labute approximate surface area is 108 Å². The number of nitrogens with zero attached hydrogens (tertiary/aromatic N) is 1. The average Bonchev–Trinajstić information content (AvgIpc) is 2.27. The second-order valence-electron chi connectivity index (χ2n) is 4.51. The first kappa shape index (κ1) is 15.4. The number of carboxylic acid groups (broad SMARTS) is 1. The van der Waals surface area contributed by atoms with Gasteiger partial charge >= 0.3 is 5.97 Å². The molecule has 0 aromatic carbocycles. The van der Waals surface area contributed by atoms with Crippen molar-refractivity contribution < 1.29 is 23.1 Å². The summed E-state index contributed by atoms with van der Waals surface area (Å²) in [5.41, 5.74) is 0. The van der Waals surface area contributed by atoms with E-state index in [0.29, 0.717) is 32.7 Å². The van der Waals surface area contributed by atoms with Crippen molar-refractivity contribution in [2.24, 2.45) is 0 Å². The van der Waals surface area contributed by atoms with Gasteiger partial charge in [0.15, 0.2) is 9.84 Å². The first-order valence-corrected chi connectivity index (χ1v) is 8.00. The Morgan fingerprint density at radius 3 is 2.78 bits per heavy atom. The molecule has 0 spiro atoms. The van der Waals surface area contributed by atoms with Gasteiger partial charge in [-0.15, -0.1) is 0 Å². The van der Waals surface area contributed by atoms with Crippen LogP contribution in [0.25, 0.3) is 0 Å². The van der Waals surface area contributed by atoms with Crippen molar-refractivity contribution >= 4 is 15.8 Å². The van der Waals surface area contributed by atoms with Gasteiger partial charge in [0, 0.05) is 24.9 Å². The summed E-state index contributed by atoms with van der Waals surface area (Å²) < 4.78 is 28.5. The molecule has 18 heavy (non-hydrogen) atoms. The fourth-order valence-electron chi connectivity index (χ4n) is 2.04. The molecule has 1 fully saturated rings. The van der Waals surface area contributed by atoms with E-state index in [0.717, 1.165) is 0 Å². The number of morpholine rings is 1. The topological polar surface area (TPSA) is 83.9 Å². The van der Waals surface area contributed by atoms with Crippen molar-refractivity contribution in [1.29, 1.82) is 0 Å². The number of rotatable bonds is 7. The summed E-state index contributed by atoms with van der Waals surface area (Å²) in [6, 6.07) is -0.215. The van der Waals surface area contributed by atoms with E-state index in [9.17, 15) is 13.2 Å². The predicted molar refractivity (Wildman–Crippen MR) is 67.4 cm³/mol. The van der Waals surface area contributed by atoms with E-state index in [1.165, 1.54) is 0 Å². The molecule has 1 saturated heterocycles. The van der Waals surface area contributed by atoms with E-state index >= 15 is 0 Å². The highest BCUT2D eigenvalue weighted by atomic mass is 32.2. The summed E-state index contributed by atoms with van der Waals surface area (Å²) >= 11 is 0. The van der Waals surface area contributed by atoms with Crippen LogP contribution in [-0.2, 0) is 19.4 Å². The number of carboxylic acids is 1. The highest BCUT2D eigenvalue weighted by Gasteiger charge is 2.26. The van der Waals surface area contributed by atoms with Crippen LogP contribution in [0.1, 0.15) is 19.8 Å². The van der Waals surface area contributed by atoms with Crippen molar-refractivity contribution in [3.8, 4) is 0 Å². The molecule has 1 aliphatic rings. The molecular formula is C11H21NO5S. The quantitative estimate of drug-likeness (QED) is 0.705. The molecule has 0 aliphatic carbocycles. The lowest BCUT2D eigenvalue weighted by molar-refractivity contribution is -0.140. The molecule has 6 nitrogen and oxygen atoms in total. The Kier molecular flexibility index (Phi) is 6.04. The molecule has 0 radical (unpaired) electrons. The lowest BCUT2D eigenvalue weighted by atomic mass is 10.1. The van der Waals surface area contributed by atoms with E-state index < -0.39 is 15.8 Å². The van der Waals surface area contributed by atoms with Crippen LogP contribution < -0.4 is 0 Å². The van der Waals surface area contributed by atoms with Gasteiger partial charge in [-0.3, -0.25) is 9.69 Å². The number of hydrogen-bond acceptors (Lipinski definition) is 5. The van der Waals surface area contributed by atoms with Gasteiger partial charge in [0.05, 0.1) is 25.4 Å². The summed E-state index contributed by atoms with van der Waals surface area (Å²) in [7, 11) is -3.01. The number of ether oxygens (including phenoxy) is 1. The molecule has 1 N–H and O–H groups in total. The van der Waals surface area contributed by atoms with Crippen LogP contribution in [0.4, 0.5) is 0 Å². The van der Waals surface area contributed by atoms with Gasteiger partial charge in [0.2, 0.25) is 0 Å². The molecule has 0 aromatic rings. The van der Waals surface area contributed by atoms with E-state index in [1.807, 2.05) is 11.8 Å². The molecule has 1 rings (SSSR count). The lowest BCUT2D eigenvalue weighted by Crippen LogP contribution is -2.48. The molecule has 1 aliphatic heterocycles. The molecule has 1 atom stereocenters. The Hall–Kier alpha value is -0.660. The molecule has 106 valence electrons. The van der Waals surface area contributed by atoms with Crippen molar-refractivity contribution in [2.45, 2.75) is 25.8 Å². The highest BCUT2D eigenvalue weighted by molar-refractivity contribution is 7.91. The Morgan fingerprint density at radius 1 is 1.44 bits per heavy atom. The minimum Gasteiger partial charge on any atom is -0.481 e. The number of hydrogen-bond donors (Lipinski definition) is 1. The molecule has 0 amide bonds. The third-order valence-electron chi connectivity index (χ3n) is 2.96. The third-order valence-corrected chi connectivity index (χ3v) is 4.80. The number of aliphatic carboxylic acids is 1. The summed E-state index contributed by atoms with van der Waals surface area (Å²) in [6.07, 6.45) is 0.609. The predicted octanol–water partition coefficient (Wildman–Crippen LogP) is -0.0133. The van der Waals surface area contributed by atoms with Crippen molar-refractivity contribution in [2.75, 3.05) is 37.8 Å². The second-order valence-corrected chi connectivity index (χ2v) is 6.82. The molecular weight excluding hydrogens is 258 g/mol. The summed E-state index contributed by atoms with van der Waals surface area (Å²) in [6.45, 7) is 3.72. The SMILES string of the molecule is CCCS(=O)(=O)CCN1CCOCC1CC(=O)O. The first-order chi connectivity index (χ1) is 8.44. The fraction of sp³-hybridized carbons (Fsp3) is 0.909. The maximum absolute atomic E-state index is 11.6. The van der Waals surface area contributed by atoms with Gasteiger partial charge in [-0.1, -0.05) is 6.92 Å². The van der Waals surface area contributed by atoms with Crippen LogP contribution in [-0.4, -0.2) is 68.2 Å². The molecule has 0 aromatic heterocycles. The van der Waals surface area contributed by atoms with Gasteiger partial charge < -0.3 is 9.84 Å². The van der Waals surface area contributed by atoms with Crippen LogP contribution in [0, 0.1) is 0 Å². The lowest BCUT2D eigenvalue weighted by Gasteiger charge is -2.34. The molecule has 1 heterocycles. The third kappa shape index (κ3) is 5.32. The molecule has 1 unspecified atom stereocenters. The van der Waals surface area contributed by atoms with E-state index in [2.05, 4.69) is 0 Å². The van der Waals surface area contributed by atoms with Crippen molar-refractivity contribution in [3.05, 3.63) is 0 Å². The zero-order valence-corrected chi connectivity index (χ0v) is 11.5. The van der Waals surface area contributed by atoms with Crippen LogP contribution in [0.15, 0.2) is 0 Å². The van der Waals surface area contributed by atoms with Gasteiger partial charge in [0.25, 0.3) is 0 Å². The van der Waals surface area contributed by atoms with Gasteiger partial charge in [-0.05, 0) is 6.42 Å². The second kappa shape index (κ2) is 7.06. The minimum absolute atomic E-state index is 0.00613.